The fourth-order valence-electron chi connectivity index (χ4n) is 1.64. The van der Waals surface area contributed by atoms with Crippen molar-refractivity contribution in [2.75, 3.05) is 11.5 Å². The van der Waals surface area contributed by atoms with Gasteiger partial charge in [0.15, 0.2) is 0 Å². The number of hydrogen-bond acceptors (Lipinski definition) is 5. The molecule has 1 aromatic rings. The molecule has 0 atom stereocenters. The number of nitrogen functional groups attached to an aromatic ring is 1. The van der Waals surface area contributed by atoms with Crippen LogP contribution in [0.25, 0.3) is 0 Å². The summed E-state index contributed by atoms with van der Waals surface area (Å²) in [4.78, 5) is 11.7. The molecule has 0 aliphatic rings. The number of hydrogen-bond donors (Lipinski definition) is 1. The summed E-state index contributed by atoms with van der Waals surface area (Å²) in [6.45, 7) is 9.64. The summed E-state index contributed by atoms with van der Waals surface area (Å²) in [5, 5.41) is 5.20. The van der Waals surface area contributed by atoms with Crippen LogP contribution in [-0.4, -0.2) is 27.1 Å². The third kappa shape index (κ3) is 4.45. The van der Waals surface area contributed by atoms with Crippen LogP contribution in [-0.2, 0) is 16.6 Å². The molecule has 19 heavy (non-hydrogen) atoms. The van der Waals surface area contributed by atoms with Gasteiger partial charge in [-0.25, -0.2) is 0 Å². The number of ether oxygens (including phenoxy) is 1. The quantitative estimate of drug-likeness (QED) is 0.680. The van der Waals surface area contributed by atoms with E-state index in [0.29, 0.717) is 5.69 Å². The highest BCUT2D eigenvalue weighted by molar-refractivity contribution is 8.00. The minimum atomic E-state index is -0.460. The molecule has 0 saturated carbocycles. The second kappa shape index (κ2) is 5.86. The van der Waals surface area contributed by atoms with Crippen molar-refractivity contribution in [3.63, 3.8) is 0 Å². The van der Waals surface area contributed by atoms with E-state index in [-0.39, 0.29) is 17.6 Å². The van der Waals surface area contributed by atoms with Crippen LogP contribution in [0.4, 0.5) is 5.69 Å². The first-order chi connectivity index (χ1) is 8.61. The average Bonchev–Trinajstić information content (AvgIpc) is 2.49. The van der Waals surface area contributed by atoms with Gasteiger partial charge in [0.25, 0.3) is 0 Å². The SMILES string of the molecule is CC(C)c1nn(C)c(SCC(=O)OC(C)(C)C)c1N. The Labute approximate surface area is 118 Å². The van der Waals surface area contributed by atoms with Crippen molar-refractivity contribution in [1.82, 2.24) is 9.78 Å². The van der Waals surface area contributed by atoms with E-state index in [9.17, 15) is 4.79 Å². The van der Waals surface area contributed by atoms with Gasteiger partial charge >= 0.3 is 5.97 Å². The van der Waals surface area contributed by atoms with Gasteiger partial charge in [-0.15, -0.1) is 0 Å². The molecule has 0 radical (unpaired) electrons. The zero-order chi connectivity index (χ0) is 14.8. The lowest BCUT2D eigenvalue weighted by Crippen LogP contribution is -2.25. The largest absolute Gasteiger partial charge is 0.459 e. The Bertz CT molecular complexity index is 461. The fraction of sp³-hybridized carbons (Fsp3) is 0.692. The van der Waals surface area contributed by atoms with Gasteiger partial charge in [0.05, 0.1) is 17.1 Å². The molecule has 0 spiro atoms. The Kier molecular flexibility index (Phi) is 4.90. The predicted octanol–water partition coefficient (Wildman–Crippen LogP) is 2.56. The monoisotopic (exact) mass is 285 g/mol. The van der Waals surface area contributed by atoms with E-state index < -0.39 is 5.60 Å². The van der Waals surface area contributed by atoms with Crippen molar-refractivity contribution in [3.05, 3.63) is 5.69 Å². The Morgan fingerprint density at radius 2 is 2.05 bits per heavy atom. The van der Waals surface area contributed by atoms with E-state index in [1.165, 1.54) is 11.8 Å². The van der Waals surface area contributed by atoms with Crippen molar-refractivity contribution in [2.45, 2.75) is 51.2 Å². The zero-order valence-corrected chi connectivity index (χ0v) is 13.3. The molecule has 0 saturated heterocycles. The first kappa shape index (κ1) is 15.9. The second-order valence-electron chi connectivity index (χ2n) is 5.76. The molecule has 6 heteroatoms. The third-order valence-corrected chi connectivity index (χ3v) is 3.49. The molecule has 0 aliphatic heterocycles. The van der Waals surface area contributed by atoms with Crippen LogP contribution in [0.1, 0.15) is 46.2 Å². The lowest BCUT2D eigenvalue weighted by atomic mass is 10.1. The number of nitrogens with zero attached hydrogens (tertiary/aromatic N) is 2. The van der Waals surface area contributed by atoms with Gasteiger partial charge < -0.3 is 10.5 Å². The Morgan fingerprint density at radius 1 is 1.47 bits per heavy atom. The number of aromatic nitrogens is 2. The lowest BCUT2D eigenvalue weighted by molar-refractivity contribution is -0.151. The van der Waals surface area contributed by atoms with E-state index >= 15 is 0 Å². The zero-order valence-electron chi connectivity index (χ0n) is 12.5. The molecule has 1 aromatic heterocycles. The summed E-state index contributed by atoms with van der Waals surface area (Å²) >= 11 is 1.36. The number of rotatable bonds is 4. The number of thioether (sulfide) groups is 1. The predicted molar refractivity (Wildman–Crippen MR) is 78.3 cm³/mol. The molecule has 0 aromatic carbocycles. The highest BCUT2D eigenvalue weighted by Gasteiger charge is 2.20. The first-order valence-corrected chi connectivity index (χ1v) is 7.27. The van der Waals surface area contributed by atoms with Crippen LogP contribution in [0, 0.1) is 0 Å². The molecule has 0 aliphatic carbocycles. The number of aryl methyl sites for hydroxylation is 1. The number of nitrogens with two attached hydrogens (primary N) is 1. The standard InChI is InChI=1S/C13H23N3O2S/c1-8(2)11-10(14)12(16(6)15-11)19-7-9(17)18-13(3,4)5/h8H,7,14H2,1-6H3. The Hall–Kier alpha value is -1.17. The lowest BCUT2D eigenvalue weighted by Gasteiger charge is -2.19. The maximum Gasteiger partial charge on any atom is 0.316 e. The number of esters is 1. The van der Waals surface area contributed by atoms with Crippen LogP contribution in [0.5, 0.6) is 0 Å². The van der Waals surface area contributed by atoms with Gasteiger partial charge in [-0.2, -0.15) is 5.10 Å². The van der Waals surface area contributed by atoms with Gasteiger partial charge in [-0.05, 0) is 26.7 Å². The number of anilines is 1. The van der Waals surface area contributed by atoms with Crippen LogP contribution < -0.4 is 5.73 Å². The molecule has 2 N–H and O–H groups in total. The maximum absolute atomic E-state index is 11.7. The van der Waals surface area contributed by atoms with Crippen molar-refractivity contribution in [1.29, 1.82) is 0 Å². The molecule has 1 heterocycles. The molecule has 0 unspecified atom stereocenters. The molecule has 1 rings (SSSR count). The van der Waals surface area contributed by atoms with E-state index in [2.05, 4.69) is 5.10 Å². The van der Waals surface area contributed by atoms with Gasteiger partial charge in [0, 0.05) is 7.05 Å². The average molecular weight is 285 g/mol. The van der Waals surface area contributed by atoms with Gasteiger partial charge in [-0.3, -0.25) is 9.48 Å². The fourth-order valence-corrected chi connectivity index (χ4v) is 2.44. The Morgan fingerprint density at radius 3 is 2.47 bits per heavy atom. The maximum atomic E-state index is 11.7. The molecule has 0 amide bonds. The minimum absolute atomic E-state index is 0.235. The highest BCUT2D eigenvalue weighted by atomic mass is 32.2. The third-order valence-electron chi connectivity index (χ3n) is 2.35. The second-order valence-corrected chi connectivity index (χ2v) is 6.72. The number of carbonyl (C=O) groups is 1. The summed E-state index contributed by atoms with van der Waals surface area (Å²) < 4.78 is 6.99. The summed E-state index contributed by atoms with van der Waals surface area (Å²) in [7, 11) is 1.83. The summed E-state index contributed by atoms with van der Waals surface area (Å²) in [5.41, 5.74) is 7.13. The van der Waals surface area contributed by atoms with Crippen molar-refractivity contribution >= 4 is 23.4 Å². The molecule has 5 nitrogen and oxygen atoms in total. The minimum Gasteiger partial charge on any atom is -0.459 e. The highest BCUT2D eigenvalue weighted by Crippen LogP contribution is 2.31. The normalized spacial score (nSPS) is 11.9. The van der Waals surface area contributed by atoms with E-state index in [1.54, 1.807) is 4.68 Å². The van der Waals surface area contributed by atoms with E-state index in [0.717, 1.165) is 10.7 Å². The molecular formula is C13H23N3O2S. The molecule has 0 fully saturated rings. The molecule has 108 valence electrons. The number of carbonyl (C=O) groups excluding carboxylic acids is 1. The van der Waals surface area contributed by atoms with Gasteiger partial charge in [0.1, 0.15) is 10.6 Å². The Balaban J connectivity index is 2.71. The van der Waals surface area contributed by atoms with Crippen molar-refractivity contribution in [3.8, 4) is 0 Å². The molecular weight excluding hydrogens is 262 g/mol. The van der Waals surface area contributed by atoms with E-state index in [4.69, 9.17) is 10.5 Å². The van der Waals surface area contributed by atoms with Gasteiger partial charge in [-0.1, -0.05) is 25.6 Å². The summed E-state index contributed by atoms with van der Waals surface area (Å²) in [6.07, 6.45) is 0. The van der Waals surface area contributed by atoms with Gasteiger partial charge in [0.2, 0.25) is 0 Å². The van der Waals surface area contributed by atoms with Crippen LogP contribution in [0.3, 0.4) is 0 Å². The van der Waals surface area contributed by atoms with Crippen LogP contribution in [0.15, 0.2) is 5.03 Å². The molecule has 0 bridgehead atoms. The topological polar surface area (TPSA) is 70.1 Å². The van der Waals surface area contributed by atoms with Crippen molar-refractivity contribution < 1.29 is 9.53 Å². The first-order valence-electron chi connectivity index (χ1n) is 6.29. The summed E-state index contributed by atoms with van der Waals surface area (Å²) in [6, 6.07) is 0. The van der Waals surface area contributed by atoms with Crippen LogP contribution in [0.2, 0.25) is 0 Å². The summed E-state index contributed by atoms with van der Waals surface area (Å²) in [5.74, 6) is 0.254. The van der Waals surface area contributed by atoms with Crippen molar-refractivity contribution in [2.24, 2.45) is 7.05 Å². The smallest absolute Gasteiger partial charge is 0.316 e. The van der Waals surface area contributed by atoms with Crippen LogP contribution >= 0.6 is 11.8 Å². The van der Waals surface area contributed by atoms with E-state index in [1.807, 2.05) is 41.7 Å².